The highest BCUT2D eigenvalue weighted by atomic mass is 35.5. The Kier molecular flexibility index (Phi) is 9.19. The van der Waals surface area contributed by atoms with E-state index in [0.29, 0.717) is 5.56 Å². The third-order valence-electron chi connectivity index (χ3n) is 8.81. The molecule has 1 aliphatic carbocycles. The predicted molar refractivity (Wildman–Crippen MR) is 176 cm³/mol. The van der Waals surface area contributed by atoms with Crippen molar-refractivity contribution >= 4 is 29.4 Å². The van der Waals surface area contributed by atoms with Crippen molar-refractivity contribution in [3.63, 3.8) is 0 Å². The summed E-state index contributed by atoms with van der Waals surface area (Å²) in [5.74, 6) is -7.42. The van der Waals surface area contributed by atoms with Gasteiger partial charge >= 0.3 is 5.97 Å². The molecule has 17 heteroatoms. The monoisotopic (exact) mass is 732 g/mol. The van der Waals surface area contributed by atoms with Crippen LogP contribution in [0, 0.1) is 17.2 Å². The number of amides is 1. The van der Waals surface area contributed by atoms with E-state index in [9.17, 15) is 27.2 Å². The van der Waals surface area contributed by atoms with E-state index in [2.05, 4.69) is 20.2 Å². The fourth-order valence-electron chi connectivity index (χ4n) is 6.37. The quantitative estimate of drug-likeness (QED) is 0.137. The lowest BCUT2D eigenvalue weighted by Gasteiger charge is -2.35. The minimum absolute atomic E-state index is 0.00138. The zero-order valence-electron chi connectivity index (χ0n) is 28.0. The van der Waals surface area contributed by atoms with Gasteiger partial charge in [-0.25, -0.2) is 36.6 Å². The molecule has 1 unspecified atom stereocenters. The van der Waals surface area contributed by atoms with Crippen LogP contribution in [-0.2, 0) is 26.9 Å². The number of aromatic nitrogens is 5. The molecule has 6 rings (SSSR count). The summed E-state index contributed by atoms with van der Waals surface area (Å²) in [6.07, 6.45) is 0.0982. The molecule has 3 atom stereocenters. The molecule has 1 fully saturated rings. The smallest absolute Gasteiger partial charge is 0.306 e. The maximum Gasteiger partial charge on any atom is 0.306 e. The third-order valence-corrected chi connectivity index (χ3v) is 9.13. The van der Waals surface area contributed by atoms with E-state index >= 15 is 4.39 Å². The fourth-order valence-corrected chi connectivity index (χ4v) is 6.57. The molecule has 270 valence electrons. The predicted octanol–water partition coefficient (Wildman–Crippen LogP) is 6.52. The van der Waals surface area contributed by atoms with E-state index in [0.717, 1.165) is 15.9 Å². The van der Waals surface area contributed by atoms with Crippen molar-refractivity contribution in [2.24, 2.45) is 29.1 Å². The number of ether oxygens (including phenoxy) is 1. The minimum atomic E-state index is -3.02. The van der Waals surface area contributed by atoms with E-state index in [-0.39, 0.29) is 39.8 Å². The second-order valence-electron chi connectivity index (χ2n) is 13.9. The van der Waals surface area contributed by atoms with Gasteiger partial charge in [0.1, 0.15) is 18.8 Å². The zero-order chi connectivity index (χ0) is 37.0. The Hall–Kier alpha value is -4.86. The van der Waals surface area contributed by atoms with E-state index in [1.54, 1.807) is 19.3 Å². The van der Waals surface area contributed by atoms with Crippen LogP contribution in [0.3, 0.4) is 0 Å². The number of guanidine groups is 1. The standard InChI is InChI=1S/C34H34ClF5N8O3/c1-32(2,3)16-33(20-6-7-22(24(36)10-20)19-13-43-46(4)14-19)30(50)47(31(41)45-33)26(15-51-27(49)11-21-12-34(21,39)40)18-5-8-23(35)25(9-18)48-29(28(37)38)42-17-44-48/h5-10,13-14,17,21,26,28H,11-12,15-16H2,1-4H3,(H2,41,45)/t21?,26-,33-/m1/s1. The number of halogens is 6. The van der Waals surface area contributed by atoms with Gasteiger partial charge in [0.15, 0.2) is 17.3 Å². The van der Waals surface area contributed by atoms with Gasteiger partial charge in [-0.3, -0.25) is 19.2 Å². The van der Waals surface area contributed by atoms with Crippen molar-refractivity contribution in [1.82, 2.24) is 29.4 Å². The summed E-state index contributed by atoms with van der Waals surface area (Å²) in [6, 6.07) is 7.23. The van der Waals surface area contributed by atoms with E-state index in [1.807, 2.05) is 20.8 Å². The molecular weight excluding hydrogens is 699 g/mol. The van der Waals surface area contributed by atoms with Gasteiger partial charge < -0.3 is 10.5 Å². The first-order valence-corrected chi connectivity index (χ1v) is 16.3. The summed E-state index contributed by atoms with van der Waals surface area (Å²) in [5, 5.41) is 7.98. The van der Waals surface area contributed by atoms with Crippen LogP contribution in [-0.4, -0.2) is 59.8 Å². The van der Waals surface area contributed by atoms with Crippen LogP contribution in [0.1, 0.15) is 69.5 Å². The molecule has 0 spiro atoms. The van der Waals surface area contributed by atoms with Gasteiger partial charge in [-0.2, -0.15) is 10.2 Å². The first-order valence-electron chi connectivity index (χ1n) is 15.9. The van der Waals surface area contributed by atoms with Crippen LogP contribution in [0.15, 0.2) is 60.1 Å². The van der Waals surface area contributed by atoms with Crippen molar-refractivity contribution in [3.05, 3.63) is 82.9 Å². The second kappa shape index (κ2) is 13.0. The maximum absolute atomic E-state index is 15.8. The van der Waals surface area contributed by atoms with Crippen molar-refractivity contribution in [1.29, 1.82) is 0 Å². The van der Waals surface area contributed by atoms with Crippen molar-refractivity contribution in [3.8, 4) is 16.8 Å². The van der Waals surface area contributed by atoms with Gasteiger partial charge in [0.25, 0.3) is 18.3 Å². The highest BCUT2D eigenvalue weighted by Crippen LogP contribution is 2.51. The van der Waals surface area contributed by atoms with Crippen LogP contribution in [0.5, 0.6) is 0 Å². The number of alkyl halides is 4. The minimum Gasteiger partial charge on any atom is -0.463 e. The molecule has 3 heterocycles. The average Bonchev–Trinajstić information content (AvgIpc) is 3.44. The SMILES string of the molecule is Cn1cc(-c2ccc([C@@]3(CC(C)(C)C)N=C(N)N([C@H](COC(=O)CC4CC4(F)F)c4ccc(Cl)c(-n5ncnc5C(F)F)c4)C3=O)cc2F)cn1. The summed E-state index contributed by atoms with van der Waals surface area (Å²) >= 11 is 6.42. The average molecular weight is 733 g/mol. The number of esters is 1. The van der Waals surface area contributed by atoms with Crippen LogP contribution >= 0.6 is 11.6 Å². The largest absolute Gasteiger partial charge is 0.463 e. The van der Waals surface area contributed by atoms with E-state index < -0.39 is 78.2 Å². The number of aliphatic imine (C=N–C) groups is 1. The molecule has 0 radical (unpaired) electrons. The number of rotatable bonds is 11. The summed E-state index contributed by atoms with van der Waals surface area (Å²) < 4.78 is 78.4. The number of hydrogen-bond acceptors (Lipinski definition) is 8. The molecule has 0 bridgehead atoms. The lowest BCUT2D eigenvalue weighted by atomic mass is 9.75. The molecule has 2 N–H and O–H groups in total. The molecule has 2 aliphatic rings. The van der Waals surface area contributed by atoms with Gasteiger partial charge in [-0.05, 0) is 41.2 Å². The van der Waals surface area contributed by atoms with Gasteiger partial charge in [-0.15, -0.1) is 0 Å². The van der Waals surface area contributed by atoms with Gasteiger partial charge in [0.2, 0.25) is 0 Å². The van der Waals surface area contributed by atoms with Crippen LogP contribution in [0.4, 0.5) is 22.0 Å². The van der Waals surface area contributed by atoms with Crippen LogP contribution < -0.4 is 5.73 Å². The van der Waals surface area contributed by atoms with Crippen molar-refractivity contribution in [2.45, 2.75) is 64.0 Å². The van der Waals surface area contributed by atoms with Crippen LogP contribution in [0.2, 0.25) is 5.02 Å². The molecule has 0 saturated heterocycles. The van der Waals surface area contributed by atoms with Gasteiger partial charge in [-0.1, -0.05) is 50.6 Å². The fraction of sp³-hybridized carbons (Fsp3) is 0.412. The van der Waals surface area contributed by atoms with Crippen LogP contribution in [0.25, 0.3) is 16.8 Å². The zero-order valence-corrected chi connectivity index (χ0v) is 28.7. The summed E-state index contributed by atoms with van der Waals surface area (Å²) in [5.41, 5.74) is 5.32. The number of aryl methyl sites for hydroxylation is 1. The number of carbonyl (C=O) groups excluding carboxylic acids is 2. The highest BCUT2D eigenvalue weighted by molar-refractivity contribution is 6.32. The lowest BCUT2D eigenvalue weighted by Crippen LogP contribution is -2.47. The van der Waals surface area contributed by atoms with E-state index in [1.165, 1.54) is 41.2 Å². The van der Waals surface area contributed by atoms with Crippen molar-refractivity contribution in [2.75, 3.05) is 6.61 Å². The Morgan fingerprint density at radius 1 is 1.16 bits per heavy atom. The number of benzene rings is 2. The molecule has 1 amide bonds. The number of nitrogens with zero attached hydrogens (tertiary/aromatic N) is 7. The third kappa shape index (κ3) is 7.05. The lowest BCUT2D eigenvalue weighted by molar-refractivity contribution is -0.148. The summed E-state index contributed by atoms with van der Waals surface area (Å²) in [4.78, 5) is 36.9. The Morgan fingerprint density at radius 2 is 1.88 bits per heavy atom. The Morgan fingerprint density at radius 3 is 2.49 bits per heavy atom. The second-order valence-corrected chi connectivity index (χ2v) is 14.4. The first kappa shape index (κ1) is 35.9. The maximum atomic E-state index is 15.8. The molecule has 4 aromatic rings. The molecule has 1 aliphatic heterocycles. The van der Waals surface area contributed by atoms with Crippen molar-refractivity contribution < 1.29 is 36.3 Å². The molecule has 1 saturated carbocycles. The molecule has 11 nitrogen and oxygen atoms in total. The Labute approximate surface area is 294 Å². The topological polar surface area (TPSA) is 134 Å². The molecule has 2 aromatic carbocycles. The van der Waals surface area contributed by atoms with Gasteiger partial charge in [0.05, 0.1) is 29.4 Å². The number of nitrogens with two attached hydrogens (primary N) is 1. The summed E-state index contributed by atoms with van der Waals surface area (Å²) in [7, 11) is 1.69. The molecule has 51 heavy (non-hydrogen) atoms. The summed E-state index contributed by atoms with van der Waals surface area (Å²) in [6.45, 7) is 5.02. The molecular formula is C34H34ClF5N8O3. The van der Waals surface area contributed by atoms with E-state index in [4.69, 9.17) is 22.1 Å². The Bertz CT molecular complexity index is 2030. The Balaban J connectivity index is 1.42. The molecule has 2 aromatic heterocycles. The number of hydrogen-bond donors (Lipinski definition) is 1. The highest BCUT2D eigenvalue weighted by Gasteiger charge is 2.58. The first-order chi connectivity index (χ1) is 23.9. The normalized spacial score (nSPS) is 20.5. The van der Waals surface area contributed by atoms with Gasteiger partial charge in [0, 0.05) is 36.7 Å². The number of carbonyl (C=O) groups is 2.